The van der Waals surface area contributed by atoms with E-state index in [-0.39, 0.29) is 16.3 Å². The highest BCUT2D eigenvalue weighted by Crippen LogP contribution is 2.21. The lowest BCUT2D eigenvalue weighted by Gasteiger charge is -2.05. The van der Waals surface area contributed by atoms with Crippen LogP contribution in [0, 0.1) is 10.1 Å². The molecule has 8 heteroatoms. The van der Waals surface area contributed by atoms with Gasteiger partial charge in [-0.3, -0.25) is 14.9 Å². The summed E-state index contributed by atoms with van der Waals surface area (Å²) >= 11 is 8.94. The van der Waals surface area contributed by atoms with E-state index in [1.54, 1.807) is 18.2 Å². The number of hydrogen-bond acceptors (Lipinski definition) is 4. The van der Waals surface area contributed by atoms with Gasteiger partial charge in [0.2, 0.25) is 0 Å². The first kappa shape index (κ1) is 14.4. The summed E-state index contributed by atoms with van der Waals surface area (Å²) in [4.78, 5) is 26.2. The highest BCUT2D eigenvalue weighted by Gasteiger charge is 2.14. The van der Waals surface area contributed by atoms with Crippen LogP contribution in [-0.4, -0.2) is 15.8 Å². The zero-order valence-corrected chi connectivity index (χ0v) is 12.2. The van der Waals surface area contributed by atoms with Gasteiger partial charge in [-0.2, -0.15) is 0 Å². The number of pyridine rings is 1. The molecule has 2 rings (SSSR count). The molecule has 0 aliphatic rings. The van der Waals surface area contributed by atoms with Crippen LogP contribution in [0.25, 0.3) is 0 Å². The fraction of sp³-hybridized carbons (Fsp3) is 0. The molecule has 0 bridgehead atoms. The van der Waals surface area contributed by atoms with E-state index in [0.717, 1.165) is 6.07 Å². The van der Waals surface area contributed by atoms with E-state index >= 15 is 0 Å². The number of hydrogen-bond donors (Lipinski definition) is 1. The smallest absolute Gasteiger partial charge is 0.271 e. The Bertz CT molecular complexity index is 693. The van der Waals surface area contributed by atoms with Crippen molar-refractivity contribution < 1.29 is 9.72 Å². The van der Waals surface area contributed by atoms with Crippen LogP contribution in [0.3, 0.4) is 0 Å². The normalized spacial score (nSPS) is 10.1. The van der Waals surface area contributed by atoms with Crippen LogP contribution < -0.4 is 5.32 Å². The molecule has 1 aromatic carbocycles. The summed E-state index contributed by atoms with van der Waals surface area (Å²) in [6.07, 6.45) is 0. The van der Waals surface area contributed by atoms with Gasteiger partial charge in [0.05, 0.1) is 4.92 Å². The number of carbonyl (C=O) groups excluding carboxylic acids is 1. The summed E-state index contributed by atoms with van der Waals surface area (Å²) in [7, 11) is 0. The minimum atomic E-state index is -0.611. The van der Waals surface area contributed by atoms with Gasteiger partial charge in [0, 0.05) is 22.7 Å². The van der Waals surface area contributed by atoms with Crippen LogP contribution in [-0.2, 0) is 0 Å². The third kappa shape index (κ3) is 3.52. The molecule has 0 aliphatic heterocycles. The molecule has 0 radical (unpaired) electrons. The second-order valence-electron chi connectivity index (χ2n) is 3.75. The summed E-state index contributed by atoms with van der Waals surface area (Å²) in [5, 5.41) is 13.4. The zero-order chi connectivity index (χ0) is 14.7. The number of benzene rings is 1. The second-order valence-corrected chi connectivity index (χ2v) is 5.00. The fourth-order valence-corrected chi connectivity index (χ4v) is 2.05. The highest BCUT2D eigenvalue weighted by molar-refractivity contribution is 9.10. The molecule has 0 spiro atoms. The van der Waals surface area contributed by atoms with Crippen molar-refractivity contribution in [2.24, 2.45) is 0 Å². The SMILES string of the molecule is O=C(Nc1cccc(Br)n1)c1cc(Cl)cc([N+](=O)[O-])c1. The number of amides is 1. The van der Waals surface area contributed by atoms with E-state index < -0.39 is 10.8 Å². The summed E-state index contributed by atoms with van der Waals surface area (Å²) in [5.41, 5.74) is -0.157. The first-order valence-electron chi connectivity index (χ1n) is 5.34. The van der Waals surface area contributed by atoms with Crippen LogP contribution in [0.5, 0.6) is 0 Å². The number of nitro groups is 1. The van der Waals surface area contributed by atoms with Crippen LogP contribution >= 0.6 is 27.5 Å². The quantitative estimate of drug-likeness (QED) is 0.516. The van der Waals surface area contributed by atoms with Crippen LogP contribution in [0.4, 0.5) is 11.5 Å². The molecule has 1 N–H and O–H groups in total. The van der Waals surface area contributed by atoms with Gasteiger partial charge in [-0.15, -0.1) is 0 Å². The first-order valence-corrected chi connectivity index (χ1v) is 6.52. The van der Waals surface area contributed by atoms with E-state index in [0.29, 0.717) is 10.4 Å². The molecule has 0 saturated carbocycles. The average molecular weight is 357 g/mol. The largest absolute Gasteiger partial charge is 0.307 e. The molecule has 1 aromatic heterocycles. The Morgan fingerprint density at radius 1 is 1.35 bits per heavy atom. The molecule has 6 nitrogen and oxygen atoms in total. The number of nitrogens with one attached hydrogen (secondary N) is 1. The lowest BCUT2D eigenvalue weighted by Crippen LogP contribution is -2.13. The molecule has 0 saturated heterocycles. The predicted octanol–water partition coefficient (Wildman–Crippen LogP) is 3.66. The molecular formula is C12H7BrClN3O3. The zero-order valence-electron chi connectivity index (χ0n) is 9.84. The molecule has 0 atom stereocenters. The minimum Gasteiger partial charge on any atom is -0.307 e. The maximum atomic E-state index is 12.0. The van der Waals surface area contributed by atoms with Crippen LogP contribution in [0.15, 0.2) is 41.0 Å². The van der Waals surface area contributed by atoms with E-state index in [1.807, 2.05) is 0 Å². The molecule has 0 unspecified atom stereocenters. The van der Waals surface area contributed by atoms with Crippen molar-refractivity contribution in [1.29, 1.82) is 0 Å². The standard InChI is InChI=1S/C12H7BrClN3O3/c13-10-2-1-3-11(15-10)16-12(18)7-4-8(14)6-9(5-7)17(19)20/h1-6H,(H,15,16,18). The number of anilines is 1. The number of nitro benzene ring substituents is 1. The van der Waals surface area contributed by atoms with Crippen molar-refractivity contribution in [3.63, 3.8) is 0 Å². The summed E-state index contributed by atoms with van der Waals surface area (Å²) < 4.78 is 0.562. The Hall–Kier alpha value is -1.99. The van der Waals surface area contributed by atoms with Gasteiger partial charge in [0.25, 0.3) is 11.6 Å². The van der Waals surface area contributed by atoms with E-state index in [1.165, 1.54) is 12.1 Å². The fourth-order valence-electron chi connectivity index (χ4n) is 1.48. The van der Waals surface area contributed by atoms with Crippen molar-refractivity contribution >= 4 is 44.9 Å². The van der Waals surface area contributed by atoms with Gasteiger partial charge in [-0.1, -0.05) is 17.7 Å². The maximum absolute atomic E-state index is 12.0. The van der Waals surface area contributed by atoms with Gasteiger partial charge in [-0.05, 0) is 34.1 Å². The Morgan fingerprint density at radius 2 is 2.10 bits per heavy atom. The van der Waals surface area contributed by atoms with Gasteiger partial charge >= 0.3 is 0 Å². The van der Waals surface area contributed by atoms with Crippen molar-refractivity contribution in [3.05, 3.63) is 61.7 Å². The number of nitrogens with zero attached hydrogens (tertiary/aromatic N) is 2. The van der Waals surface area contributed by atoms with Crippen molar-refractivity contribution in [3.8, 4) is 0 Å². The lowest BCUT2D eigenvalue weighted by molar-refractivity contribution is -0.384. The third-order valence-electron chi connectivity index (χ3n) is 2.31. The molecule has 102 valence electrons. The van der Waals surface area contributed by atoms with E-state index in [4.69, 9.17) is 11.6 Å². The summed E-state index contributed by atoms with van der Waals surface area (Å²) in [5.74, 6) is -0.201. The Labute approximate surface area is 127 Å². The maximum Gasteiger partial charge on any atom is 0.271 e. The van der Waals surface area contributed by atoms with Crippen LogP contribution in [0.1, 0.15) is 10.4 Å². The topological polar surface area (TPSA) is 85.1 Å². The van der Waals surface area contributed by atoms with Gasteiger partial charge in [0.1, 0.15) is 10.4 Å². The Kier molecular flexibility index (Phi) is 4.31. The highest BCUT2D eigenvalue weighted by atomic mass is 79.9. The van der Waals surface area contributed by atoms with Crippen molar-refractivity contribution in [2.75, 3.05) is 5.32 Å². The number of halogens is 2. The number of carbonyl (C=O) groups is 1. The van der Waals surface area contributed by atoms with Gasteiger partial charge in [0.15, 0.2) is 0 Å². The van der Waals surface area contributed by atoms with Crippen molar-refractivity contribution in [1.82, 2.24) is 4.98 Å². The molecule has 1 heterocycles. The molecule has 0 aliphatic carbocycles. The predicted molar refractivity (Wildman–Crippen MR) is 78.0 cm³/mol. The summed E-state index contributed by atoms with van der Waals surface area (Å²) in [6, 6.07) is 8.69. The van der Waals surface area contributed by atoms with Gasteiger partial charge in [-0.25, -0.2) is 4.98 Å². The Morgan fingerprint density at radius 3 is 2.75 bits per heavy atom. The number of rotatable bonds is 3. The van der Waals surface area contributed by atoms with Gasteiger partial charge < -0.3 is 5.32 Å². The van der Waals surface area contributed by atoms with Crippen molar-refractivity contribution in [2.45, 2.75) is 0 Å². The average Bonchev–Trinajstić information content (AvgIpc) is 2.37. The van der Waals surface area contributed by atoms with E-state index in [9.17, 15) is 14.9 Å². The molecule has 20 heavy (non-hydrogen) atoms. The second kappa shape index (κ2) is 5.98. The minimum absolute atomic E-state index is 0.0889. The lowest BCUT2D eigenvalue weighted by atomic mass is 10.2. The summed E-state index contributed by atoms with van der Waals surface area (Å²) in [6.45, 7) is 0. The Balaban J connectivity index is 2.27. The third-order valence-corrected chi connectivity index (χ3v) is 2.97. The molecule has 0 fully saturated rings. The molecular weight excluding hydrogens is 350 g/mol. The van der Waals surface area contributed by atoms with E-state index in [2.05, 4.69) is 26.2 Å². The first-order chi connectivity index (χ1) is 9.45. The molecule has 1 amide bonds. The monoisotopic (exact) mass is 355 g/mol. The number of aromatic nitrogens is 1. The number of non-ortho nitro benzene ring substituents is 1. The molecule has 2 aromatic rings. The van der Waals surface area contributed by atoms with Crippen LogP contribution in [0.2, 0.25) is 5.02 Å².